The predicted molar refractivity (Wildman–Crippen MR) is 45.4 cm³/mol. The van der Waals surface area contributed by atoms with Gasteiger partial charge >= 0.3 is 0 Å². The second-order valence-electron chi connectivity index (χ2n) is 2.59. The van der Waals surface area contributed by atoms with Crippen LogP contribution in [0.5, 0.6) is 0 Å². The van der Waals surface area contributed by atoms with Gasteiger partial charge in [-0.3, -0.25) is 0 Å². The van der Waals surface area contributed by atoms with E-state index >= 15 is 0 Å². The average molecular weight is 208 g/mol. The van der Waals surface area contributed by atoms with Crippen LogP contribution in [0.15, 0.2) is 12.1 Å². The number of benzene rings is 1. The zero-order valence-electron chi connectivity index (χ0n) is 6.60. The second-order valence-corrected chi connectivity index (χ2v) is 2.97. The molecule has 0 saturated heterocycles. The molecule has 0 aliphatic carbocycles. The summed E-state index contributed by atoms with van der Waals surface area (Å²) >= 11 is 5.24. The molecule has 0 unspecified atom stereocenters. The van der Waals surface area contributed by atoms with Crippen molar-refractivity contribution >= 4 is 11.6 Å². The Morgan fingerprint density at radius 2 is 1.85 bits per heavy atom. The van der Waals surface area contributed by atoms with E-state index in [1.807, 2.05) is 0 Å². The van der Waals surface area contributed by atoms with E-state index in [4.69, 9.17) is 22.4 Å². The number of rotatable bonds is 2. The van der Waals surface area contributed by atoms with E-state index in [1.165, 1.54) is 0 Å². The minimum absolute atomic E-state index is 0.182. The SMILES string of the molecule is N[C@@H](CO)c1cc(F)c(Cl)c(F)c1. The molecule has 0 heterocycles. The highest BCUT2D eigenvalue weighted by molar-refractivity contribution is 6.30. The van der Waals surface area contributed by atoms with Gasteiger partial charge in [0.05, 0.1) is 12.6 Å². The summed E-state index contributed by atoms with van der Waals surface area (Å²) in [4.78, 5) is 0. The Balaban J connectivity index is 3.13. The fourth-order valence-electron chi connectivity index (χ4n) is 0.895. The Morgan fingerprint density at radius 1 is 1.38 bits per heavy atom. The van der Waals surface area contributed by atoms with Crippen molar-refractivity contribution in [2.75, 3.05) is 6.61 Å². The molecule has 3 N–H and O–H groups in total. The van der Waals surface area contributed by atoms with Gasteiger partial charge in [-0.15, -0.1) is 0 Å². The van der Waals surface area contributed by atoms with Crippen molar-refractivity contribution in [2.45, 2.75) is 6.04 Å². The van der Waals surface area contributed by atoms with Crippen molar-refractivity contribution in [2.24, 2.45) is 5.73 Å². The van der Waals surface area contributed by atoms with Crippen LogP contribution in [-0.4, -0.2) is 11.7 Å². The molecule has 0 spiro atoms. The third kappa shape index (κ3) is 2.15. The van der Waals surface area contributed by atoms with Crippen molar-refractivity contribution in [1.82, 2.24) is 0 Å². The van der Waals surface area contributed by atoms with Gasteiger partial charge in [0.15, 0.2) is 0 Å². The maximum Gasteiger partial charge on any atom is 0.145 e. The molecule has 2 nitrogen and oxygen atoms in total. The van der Waals surface area contributed by atoms with Crippen molar-refractivity contribution in [3.63, 3.8) is 0 Å². The van der Waals surface area contributed by atoms with E-state index in [-0.39, 0.29) is 12.2 Å². The summed E-state index contributed by atoms with van der Waals surface area (Å²) < 4.78 is 25.7. The van der Waals surface area contributed by atoms with Gasteiger partial charge in [-0.2, -0.15) is 0 Å². The van der Waals surface area contributed by atoms with E-state index < -0.39 is 22.7 Å². The van der Waals surface area contributed by atoms with Crippen LogP contribution in [0.1, 0.15) is 11.6 Å². The largest absolute Gasteiger partial charge is 0.394 e. The fraction of sp³-hybridized carbons (Fsp3) is 0.250. The molecule has 0 radical (unpaired) electrons. The normalized spacial score (nSPS) is 13.0. The number of hydrogen-bond donors (Lipinski definition) is 2. The summed E-state index contributed by atoms with van der Waals surface area (Å²) in [6.45, 7) is -0.374. The number of hydrogen-bond acceptors (Lipinski definition) is 2. The second kappa shape index (κ2) is 4.00. The quantitative estimate of drug-likeness (QED) is 0.724. The standard InChI is InChI=1S/C8H8ClF2NO/c9-8-5(10)1-4(2-6(8)11)7(12)3-13/h1-2,7,13H,3,12H2/t7-/m0/s1. The molecule has 13 heavy (non-hydrogen) atoms. The van der Waals surface area contributed by atoms with Crippen molar-refractivity contribution < 1.29 is 13.9 Å². The monoisotopic (exact) mass is 207 g/mol. The summed E-state index contributed by atoms with van der Waals surface area (Å²) in [7, 11) is 0. The summed E-state index contributed by atoms with van der Waals surface area (Å²) in [5.41, 5.74) is 5.54. The first-order chi connectivity index (χ1) is 6.06. The lowest BCUT2D eigenvalue weighted by atomic mass is 10.1. The molecule has 1 atom stereocenters. The van der Waals surface area contributed by atoms with Gasteiger partial charge in [0, 0.05) is 0 Å². The zero-order valence-corrected chi connectivity index (χ0v) is 7.35. The van der Waals surface area contributed by atoms with Gasteiger partial charge in [-0.25, -0.2) is 8.78 Å². The van der Waals surface area contributed by atoms with Gasteiger partial charge < -0.3 is 10.8 Å². The van der Waals surface area contributed by atoms with Gasteiger partial charge in [0.25, 0.3) is 0 Å². The first kappa shape index (κ1) is 10.4. The van der Waals surface area contributed by atoms with Crippen LogP contribution >= 0.6 is 11.6 Å². The third-order valence-corrected chi connectivity index (χ3v) is 1.99. The first-order valence-corrected chi connectivity index (χ1v) is 3.95. The van der Waals surface area contributed by atoms with E-state index in [1.54, 1.807) is 0 Å². The predicted octanol–water partition coefficient (Wildman–Crippen LogP) is 1.61. The number of nitrogens with two attached hydrogens (primary N) is 1. The molecule has 0 bridgehead atoms. The zero-order chi connectivity index (χ0) is 10.0. The summed E-state index contributed by atoms with van der Waals surface area (Å²) in [5.74, 6) is -1.75. The third-order valence-electron chi connectivity index (χ3n) is 1.63. The lowest BCUT2D eigenvalue weighted by Gasteiger charge is -2.09. The summed E-state index contributed by atoms with van der Waals surface area (Å²) in [5, 5.41) is 8.08. The van der Waals surface area contributed by atoms with Crippen LogP contribution in [0.3, 0.4) is 0 Å². The Hall–Kier alpha value is -0.710. The van der Waals surface area contributed by atoms with Gasteiger partial charge in [0.1, 0.15) is 16.7 Å². The molecule has 5 heteroatoms. The highest BCUT2D eigenvalue weighted by Crippen LogP contribution is 2.22. The highest BCUT2D eigenvalue weighted by atomic mass is 35.5. The Labute approximate surface area is 78.9 Å². The molecule has 0 saturated carbocycles. The summed E-state index contributed by atoms with van der Waals surface area (Å²) in [6, 6.07) is 1.22. The number of aliphatic hydroxyl groups excluding tert-OH is 1. The van der Waals surface area contributed by atoms with Crippen LogP contribution in [-0.2, 0) is 0 Å². The molecule has 0 fully saturated rings. The van der Waals surface area contributed by atoms with Gasteiger partial charge in [-0.05, 0) is 17.7 Å². The lowest BCUT2D eigenvalue weighted by molar-refractivity contribution is 0.267. The maximum atomic E-state index is 12.8. The van der Waals surface area contributed by atoms with E-state index in [0.29, 0.717) is 0 Å². The van der Waals surface area contributed by atoms with Crippen LogP contribution in [0, 0.1) is 11.6 Å². The minimum Gasteiger partial charge on any atom is -0.394 e. The molecular weight excluding hydrogens is 200 g/mol. The van der Waals surface area contributed by atoms with Crippen LogP contribution in [0.2, 0.25) is 5.02 Å². The highest BCUT2D eigenvalue weighted by Gasteiger charge is 2.12. The lowest BCUT2D eigenvalue weighted by Crippen LogP contribution is -2.15. The molecule has 72 valence electrons. The smallest absolute Gasteiger partial charge is 0.145 e. The van der Waals surface area contributed by atoms with Crippen LogP contribution in [0.25, 0.3) is 0 Å². The Bertz CT molecular complexity index is 296. The molecular formula is C8H8ClF2NO. The van der Waals surface area contributed by atoms with Crippen molar-refractivity contribution in [3.8, 4) is 0 Å². The van der Waals surface area contributed by atoms with Crippen LogP contribution < -0.4 is 5.73 Å². The van der Waals surface area contributed by atoms with Crippen molar-refractivity contribution in [1.29, 1.82) is 0 Å². The van der Waals surface area contributed by atoms with Crippen molar-refractivity contribution in [3.05, 3.63) is 34.4 Å². The number of aliphatic hydroxyl groups is 1. The van der Waals surface area contributed by atoms with E-state index in [9.17, 15) is 8.78 Å². The van der Waals surface area contributed by atoms with Gasteiger partial charge in [0.2, 0.25) is 0 Å². The fourth-order valence-corrected chi connectivity index (χ4v) is 1.00. The Morgan fingerprint density at radius 3 is 2.23 bits per heavy atom. The number of halogens is 3. The summed E-state index contributed by atoms with van der Waals surface area (Å²) in [6.07, 6.45) is 0. The van der Waals surface area contributed by atoms with E-state index in [0.717, 1.165) is 12.1 Å². The topological polar surface area (TPSA) is 46.2 Å². The molecule has 1 rings (SSSR count). The molecule has 1 aromatic rings. The maximum absolute atomic E-state index is 12.8. The average Bonchev–Trinajstić information content (AvgIpc) is 2.12. The Kier molecular flexibility index (Phi) is 3.19. The molecule has 0 aromatic heterocycles. The van der Waals surface area contributed by atoms with E-state index in [2.05, 4.69) is 0 Å². The molecule has 1 aromatic carbocycles. The van der Waals surface area contributed by atoms with Gasteiger partial charge in [-0.1, -0.05) is 11.6 Å². The molecule has 0 aliphatic rings. The minimum atomic E-state index is -0.874. The molecule has 0 aliphatic heterocycles. The first-order valence-electron chi connectivity index (χ1n) is 3.57. The molecule has 0 amide bonds. The van der Waals surface area contributed by atoms with Crippen LogP contribution in [0.4, 0.5) is 8.78 Å².